The molecule has 10 heteroatoms. The van der Waals surface area contributed by atoms with Crippen LogP contribution in [-0.4, -0.2) is 46.5 Å². The monoisotopic (exact) mass is 536 g/mol. The molecule has 4 rings (SSSR count). The predicted molar refractivity (Wildman–Crippen MR) is 130 cm³/mol. The molecule has 3 aromatic rings. The topological polar surface area (TPSA) is 43.8 Å². The van der Waals surface area contributed by atoms with Crippen LogP contribution in [0.5, 0.6) is 5.75 Å². The van der Waals surface area contributed by atoms with Crippen LogP contribution in [0.1, 0.15) is 38.2 Å². The lowest BCUT2D eigenvalue weighted by Crippen LogP contribution is -2.55. The van der Waals surface area contributed by atoms with Gasteiger partial charge in [-0.25, -0.2) is 0 Å². The first-order valence-electron chi connectivity index (χ1n) is 12.0. The molecule has 202 valence electrons. The van der Waals surface area contributed by atoms with E-state index in [4.69, 9.17) is 0 Å². The number of aromatic hydroxyl groups is 1. The van der Waals surface area contributed by atoms with Crippen LogP contribution in [0, 0.1) is 6.92 Å². The summed E-state index contributed by atoms with van der Waals surface area (Å²) in [6.07, 6.45) is -9.84. The van der Waals surface area contributed by atoms with E-state index in [1.807, 2.05) is 30.3 Å². The van der Waals surface area contributed by atoms with Crippen LogP contribution in [0.2, 0.25) is 0 Å². The average molecular weight is 537 g/mol. The Kier molecular flexibility index (Phi) is 7.73. The van der Waals surface area contributed by atoms with Crippen molar-refractivity contribution in [1.29, 1.82) is 0 Å². The molecule has 0 aromatic heterocycles. The van der Waals surface area contributed by atoms with Gasteiger partial charge < -0.3 is 10.0 Å². The van der Waals surface area contributed by atoms with E-state index in [0.29, 0.717) is 42.9 Å². The van der Waals surface area contributed by atoms with E-state index in [0.717, 1.165) is 5.56 Å². The van der Waals surface area contributed by atoms with E-state index < -0.39 is 41.0 Å². The zero-order valence-electron chi connectivity index (χ0n) is 20.5. The number of rotatable bonds is 5. The maximum Gasteiger partial charge on any atom is 0.416 e. The molecule has 0 bridgehead atoms. The largest absolute Gasteiger partial charge is 0.508 e. The first-order valence-corrected chi connectivity index (χ1v) is 12.0. The molecule has 0 saturated carbocycles. The van der Waals surface area contributed by atoms with Gasteiger partial charge in [0.1, 0.15) is 5.75 Å². The van der Waals surface area contributed by atoms with Crippen molar-refractivity contribution in [3.05, 3.63) is 100 Å². The molecular formula is C28H26F6N2O2. The molecule has 1 atom stereocenters. The van der Waals surface area contributed by atoms with Gasteiger partial charge in [0, 0.05) is 37.8 Å². The lowest BCUT2D eigenvalue weighted by atomic mass is 9.98. The summed E-state index contributed by atoms with van der Waals surface area (Å²) >= 11 is 0. The summed E-state index contributed by atoms with van der Waals surface area (Å²) in [4.78, 5) is 16.9. The molecule has 1 N–H and O–H groups in total. The van der Waals surface area contributed by atoms with Crippen molar-refractivity contribution >= 4 is 5.91 Å². The second-order valence-corrected chi connectivity index (χ2v) is 9.49. The van der Waals surface area contributed by atoms with E-state index >= 15 is 0 Å². The first-order chi connectivity index (χ1) is 17.8. The van der Waals surface area contributed by atoms with Crippen LogP contribution in [0.25, 0.3) is 0 Å². The standard InChI is InChI=1S/C28H26F6N2O2/c1-18-7-8-20(12-25(18)37)11-24-17-35(16-19-5-3-2-4-6-19)9-10-36(24)26(38)21-13-22(27(29,30)31)15-23(14-21)28(32,33)34/h2-8,12-15,24,37H,9-11,16-17H2,1H3/t24-/m1/s1. The summed E-state index contributed by atoms with van der Waals surface area (Å²) in [7, 11) is 0. The number of carbonyl (C=O) groups excluding carboxylic acids is 1. The number of benzene rings is 3. The van der Waals surface area contributed by atoms with Crippen molar-refractivity contribution in [2.24, 2.45) is 0 Å². The molecule has 4 nitrogen and oxygen atoms in total. The zero-order valence-corrected chi connectivity index (χ0v) is 20.5. The third-order valence-electron chi connectivity index (χ3n) is 6.66. The van der Waals surface area contributed by atoms with Gasteiger partial charge in [-0.05, 0) is 54.3 Å². The Morgan fingerprint density at radius 3 is 2.08 bits per heavy atom. The number of carbonyl (C=O) groups is 1. The van der Waals surface area contributed by atoms with Crippen LogP contribution in [-0.2, 0) is 25.3 Å². The van der Waals surface area contributed by atoms with E-state index in [1.54, 1.807) is 25.1 Å². The molecule has 3 aromatic carbocycles. The van der Waals surface area contributed by atoms with Crippen LogP contribution < -0.4 is 0 Å². The van der Waals surface area contributed by atoms with Crippen molar-refractivity contribution in [3.63, 3.8) is 0 Å². The lowest BCUT2D eigenvalue weighted by Gasteiger charge is -2.42. The highest BCUT2D eigenvalue weighted by molar-refractivity contribution is 5.95. The molecule has 0 unspecified atom stereocenters. The number of piperazine rings is 1. The highest BCUT2D eigenvalue weighted by atomic mass is 19.4. The van der Waals surface area contributed by atoms with Gasteiger partial charge in [-0.2, -0.15) is 26.3 Å². The molecule has 1 amide bonds. The molecule has 0 radical (unpaired) electrons. The normalized spacial score (nSPS) is 17.0. The summed E-state index contributed by atoms with van der Waals surface area (Å²) in [5.41, 5.74) is -1.35. The third-order valence-corrected chi connectivity index (χ3v) is 6.66. The fraction of sp³-hybridized carbons (Fsp3) is 0.321. The van der Waals surface area contributed by atoms with Gasteiger partial charge in [0.25, 0.3) is 5.91 Å². The Morgan fingerprint density at radius 1 is 0.868 bits per heavy atom. The van der Waals surface area contributed by atoms with Crippen LogP contribution >= 0.6 is 0 Å². The Morgan fingerprint density at radius 2 is 1.50 bits per heavy atom. The minimum atomic E-state index is -5.05. The number of amides is 1. The smallest absolute Gasteiger partial charge is 0.416 e. The number of aryl methyl sites for hydroxylation is 1. The number of halogens is 6. The Balaban J connectivity index is 1.67. The molecule has 1 fully saturated rings. The van der Waals surface area contributed by atoms with Gasteiger partial charge in [0.15, 0.2) is 0 Å². The molecule has 1 heterocycles. The van der Waals surface area contributed by atoms with Crippen LogP contribution in [0.4, 0.5) is 26.3 Å². The quantitative estimate of drug-likeness (QED) is 0.389. The molecule has 1 aliphatic heterocycles. The van der Waals surface area contributed by atoms with E-state index in [1.165, 1.54) is 4.90 Å². The minimum absolute atomic E-state index is 0.0150. The molecule has 1 saturated heterocycles. The second-order valence-electron chi connectivity index (χ2n) is 9.49. The van der Waals surface area contributed by atoms with Gasteiger partial charge in [-0.3, -0.25) is 9.69 Å². The van der Waals surface area contributed by atoms with Crippen molar-refractivity contribution in [2.75, 3.05) is 19.6 Å². The number of phenolic OH excluding ortho intramolecular Hbond substituents is 1. The van der Waals surface area contributed by atoms with E-state index in [2.05, 4.69) is 4.90 Å². The predicted octanol–water partition coefficient (Wildman–Crippen LogP) is 6.31. The Bertz CT molecular complexity index is 1260. The van der Waals surface area contributed by atoms with Gasteiger partial charge in [0.05, 0.1) is 11.1 Å². The van der Waals surface area contributed by atoms with Crippen LogP contribution in [0.3, 0.4) is 0 Å². The van der Waals surface area contributed by atoms with Crippen molar-refractivity contribution < 1.29 is 36.2 Å². The maximum atomic E-state index is 13.5. The number of nitrogens with zero attached hydrogens (tertiary/aromatic N) is 2. The van der Waals surface area contributed by atoms with Crippen molar-refractivity contribution in [2.45, 2.75) is 38.3 Å². The van der Waals surface area contributed by atoms with Crippen LogP contribution in [0.15, 0.2) is 66.7 Å². The highest BCUT2D eigenvalue weighted by Crippen LogP contribution is 2.37. The fourth-order valence-corrected chi connectivity index (χ4v) is 4.65. The summed E-state index contributed by atoms with van der Waals surface area (Å²) < 4.78 is 80.5. The minimum Gasteiger partial charge on any atom is -0.508 e. The fourth-order valence-electron chi connectivity index (χ4n) is 4.65. The summed E-state index contributed by atoms with van der Waals surface area (Å²) in [6.45, 7) is 3.15. The number of hydrogen-bond donors (Lipinski definition) is 1. The van der Waals surface area contributed by atoms with Gasteiger partial charge in [0.2, 0.25) is 0 Å². The first kappa shape index (κ1) is 27.5. The summed E-state index contributed by atoms with van der Waals surface area (Å²) in [5, 5.41) is 10.1. The third kappa shape index (κ3) is 6.48. The summed E-state index contributed by atoms with van der Waals surface area (Å²) in [6, 6.07) is 15.0. The molecule has 38 heavy (non-hydrogen) atoms. The molecular weight excluding hydrogens is 510 g/mol. The maximum absolute atomic E-state index is 13.5. The number of phenols is 1. The zero-order chi connectivity index (χ0) is 27.7. The lowest BCUT2D eigenvalue weighted by molar-refractivity contribution is -0.143. The highest BCUT2D eigenvalue weighted by Gasteiger charge is 2.39. The van der Waals surface area contributed by atoms with E-state index in [9.17, 15) is 36.2 Å². The van der Waals surface area contributed by atoms with Gasteiger partial charge >= 0.3 is 12.4 Å². The second kappa shape index (κ2) is 10.7. The molecule has 1 aliphatic rings. The average Bonchev–Trinajstić information content (AvgIpc) is 2.85. The van der Waals surface area contributed by atoms with Crippen molar-refractivity contribution in [3.8, 4) is 5.75 Å². The number of alkyl halides is 6. The molecule has 0 aliphatic carbocycles. The van der Waals surface area contributed by atoms with Gasteiger partial charge in [-0.15, -0.1) is 0 Å². The Labute approximate surface area is 216 Å². The van der Waals surface area contributed by atoms with Crippen molar-refractivity contribution in [1.82, 2.24) is 9.80 Å². The van der Waals surface area contributed by atoms with Gasteiger partial charge in [-0.1, -0.05) is 42.5 Å². The Hall–Kier alpha value is -3.53. The van der Waals surface area contributed by atoms with E-state index in [-0.39, 0.29) is 24.8 Å². The summed E-state index contributed by atoms with van der Waals surface area (Å²) in [5.74, 6) is -0.840. The molecule has 0 spiro atoms. The SMILES string of the molecule is Cc1ccc(C[C@@H]2CN(Cc3ccccc3)CCN2C(=O)c2cc(C(F)(F)F)cc(C(F)(F)F)c2)cc1O. The number of hydrogen-bond acceptors (Lipinski definition) is 3.